The minimum atomic E-state index is 0. The summed E-state index contributed by atoms with van der Waals surface area (Å²) >= 11 is 1.77. The number of aliphatic imine (C=N–C) groups is 1. The van der Waals surface area contributed by atoms with E-state index in [2.05, 4.69) is 65.3 Å². The van der Waals surface area contributed by atoms with E-state index in [4.69, 9.17) is 4.99 Å². The van der Waals surface area contributed by atoms with Gasteiger partial charge in [-0.05, 0) is 48.1 Å². The van der Waals surface area contributed by atoms with Gasteiger partial charge < -0.3 is 10.6 Å². The molecule has 27 heavy (non-hydrogen) atoms. The molecule has 0 saturated carbocycles. The number of hydrogen-bond donors (Lipinski definition) is 2. The fraction of sp³-hybridized carbons (Fsp3) is 0.300. The van der Waals surface area contributed by atoms with Crippen LogP contribution in [-0.4, -0.2) is 22.3 Å². The Morgan fingerprint density at radius 3 is 2.63 bits per heavy atom. The zero-order valence-electron chi connectivity index (χ0n) is 15.7. The van der Waals surface area contributed by atoms with E-state index in [1.807, 2.05) is 16.9 Å². The Hall–Kier alpha value is -1.87. The van der Waals surface area contributed by atoms with E-state index in [1.54, 1.807) is 17.5 Å². The van der Waals surface area contributed by atoms with Crippen LogP contribution in [-0.2, 0) is 19.6 Å². The summed E-state index contributed by atoms with van der Waals surface area (Å²) in [6.45, 7) is 7.25. The van der Waals surface area contributed by atoms with Crippen LogP contribution in [0.15, 0.2) is 59.2 Å². The topological polar surface area (TPSA) is 54.2 Å². The Labute approximate surface area is 181 Å². The van der Waals surface area contributed by atoms with Crippen LogP contribution in [0.25, 0.3) is 0 Å². The first-order valence-electron chi connectivity index (χ1n) is 8.85. The lowest BCUT2D eigenvalue weighted by Crippen LogP contribution is -2.36. The normalized spacial score (nSPS) is 11.1. The second-order valence-corrected chi connectivity index (χ2v) is 7.05. The molecule has 7 heteroatoms. The first-order chi connectivity index (χ1) is 12.8. The van der Waals surface area contributed by atoms with Crippen molar-refractivity contribution < 1.29 is 0 Å². The van der Waals surface area contributed by atoms with Crippen molar-refractivity contribution in [2.75, 3.05) is 6.54 Å². The third-order valence-corrected chi connectivity index (χ3v) is 5.17. The number of halogens is 1. The van der Waals surface area contributed by atoms with Gasteiger partial charge in [0.15, 0.2) is 5.96 Å². The predicted molar refractivity (Wildman–Crippen MR) is 124 cm³/mol. The molecule has 0 amide bonds. The van der Waals surface area contributed by atoms with Crippen molar-refractivity contribution in [1.82, 2.24) is 20.4 Å². The molecule has 0 atom stereocenters. The second-order valence-electron chi connectivity index (χ2n) is 6.05. The summed E-state index contributed by atoms with van der Waals surface area (Å²) < 4.78 is 1.94. The van der Waals surface area contributed by atoms with Crippen molar-refractivity contribution in [3.63, 3.8) is 0 Å². The molecule has 0 saturated heterocycles. The van der Waals surface area contributed by atoms with Crippen molar-refractivity contribution in [1.29, 1.82) is 0 Å². The van der Waals surface area contributed by atoms with Crippen LogP contribution in [0.5, 0.6) is 0 Å². The molecule has 1 aromatic carbocycles. The Balaban J connectivity index is 0.00000261. The van der Waals surface area contributed by atoms with E-state index in [-0.39, 0.29) is 24.0 Å². The van der Waals surface area contributed by atoms with E-state index in [9.17, 15) is 0 Å². The third kappa shape index (κ3) is 6.35. The number of nitrogens with one attached hydrogen (secondary N) is 2. The first-order valence-corrected chi connectivity index (χ1v) is 9.73. The summed E-state index contributed by atoms with van der Waals surface area (Å²) in [6, 6.07) is 12.5. The van der Waals surface area contributed by atoms with Crippen molar-refractivity contribution in [3.8, 4) is 0 Å². The fourth-order valence-corrected chi connectivity index (χ4v) is 3.54. The highest BCUT2D eigenvalue weighted by atomic mass is 127. The number of thiophene rings is 1. The van der Waals surface area contributed by atoms with Crippen LogP contribution in [0.3, 0.4) is 0 Å². The van der Waals surface area contributed by atoms with Gasteiger partial charge in [0.1, 0.15) is 0 Å². The zero-order valence-corrected chi connectivity index (χ0v) is 18.8. The summed E-state index contributed by atoms with van der Waals surface area (Å²) in [7, 11) is 0. The largest absolute Gasteiger partial charge is 0.357 e. The summed E-state index contributed by atoms with van der Waals surface area (Å²) in [6.07, 6.45) is 3.79. The average Bonchev–Trinajstić information content (AvgIpc) is 3.30. The lowest BCUT2D eigenvalue weighted by atomic mass is 10.1. The van der Waals surface area contributed by atoms with Crippen LogP contribution in [0, 0.1) is 6.92 Å². The van der Waals surface area contributed by atoms with Gasteiger partial charge in [0, 0.05) is 23.8 Å². The van der Waals surface area contributed by atoms with Crippen LogP contribution >= 0.6 is 35.3 Å². The highest BCUT2D eigenvalue weighted by Crippen LogP contribution is 2.15. The molecule has 2 N–H and O–H groups in total. The lowest BCUT2D eigenvalue weighted by molar-refractivity contribution is 0.680. The number of nitrogens with zero attached hydrogens (tertiary/aromatic N) is 3. The molecule has 0 fully saturated rings. The minimum absolute atomic E-state index is 0. The molecular formula is C20H26IN5S. The maximum atomic E-state index is 4.77. The molecular weight excluding hydrogens is 469 g/mol. The number of rotatable bonds is 7. The van der Waals surface area contributed by atoms with Gasteiger partial charge in [-0.2, -0.15) is 5.10 Å². The second kappa shape index (κ2) is 11.1. The summed E-state index contributed by atoms with van der Waals surface area (Å²) in [5, 5.41) is 13.2. The lowest BCUT2D eigenvalue weighted by Gasteiger charge is -2.12. The van der Waals surface area contributed by atoms with Crippen molar-refractivity contribution in [3.05, 3.63) is 75.7 Å². The molecule has 3 aromatic rings. The molecule has 5 nitrogen and oxygen atoms in total. The third-order valence-electron chi connectivity index (χ3n) is 4.15. The Morgan fingerprint density at radius 2 is 1.96 bits per heavy atom. The number of aromatic nitrogens is 2. The summed E-state index contributed by atoms with van der Waals surface area (Å²) in [5.41, 5.74) is 3.78. The monoisotopic (exact) mass is 495 g/mol. The fourth-order valence-electron chi connectivity index (χ4n) is 2.69. The van der Waals surface area contributed by atoms with Gasteiger partial charge in [0.05, 0.1) is 19.6 Å². The quantitative estimate of drug-likeness (QED) is 0.294. The minimum Gasteiger partial charge on any atom is -0.357 e. The maximum absolute atomic E-state index is 4.77. The SMILES string of the molecule is CCNC(=NCc1ccccc1Cn1cccn1)NCc1sccc1C.I. The number of benzene rings is 1. The number of guanidine groups is 1. The molecule has 0 bridgehead atoms. The van der Waals surface area contributed by atoms with Gasteiger partial charge in [0.2, 0.25) is 0 Å². The molecule has 2 aromatic heterocycles. The van der Waals surface area contributed by atoms with Crippen molar-refractivity contribution >= 4 is 41.3 Å². The van der Waals surface area contributed by atoms with Gasteiger partial charge in [-0.25, -0.2) is 4.99 Å². The van der Waals surface area contributed by atoms with E-state index < -0.39 is 0 Å². The van der Waals surface area contributed by atoms with Crippen LogP contribution in [0.2, 0.25) is 0 Å². The van der Waals surface area contributed by atoms with Crippen LogP contribution in [0.4, 0.5) is 0 Å². The van der Waals surface area contributed by atoms with E-state index in [1.165, 1.54) is 21.6 Å². The van der Waals surface area contributed by atoms with E-state index in [0.717, 1.165) is 25.6 Å². The molecule has 144 valence electrons. The Morgan fingerprint density at radius 1 is 1.15 bits per heavy atom. The molecule has 0 radical (unpaired) electrons. The van der Waals surface area contributed by atoms with Gasteiger partial charge in [-0.3, -0.25) is 4.68 Å². The zero-order chi connectivity index (χ0) is 18.2. The highest BCUT2D eigenvalue weighted by Gasteiger charge is 2.05. The van der Waals surface area contributed by atoms with Crippen molar-refractivity contribution in [2.24, 2.45) is 4.99 Å². The van der Waals surface area contributed by atoms with Crippen molar-refractivity contribution in [2.45, 2.75) is 33.5 Å². The van der Waals surface area contributed by atoms with Gasteiger partial charge in [-0.1, -0.05) is 24.3 Å². The summed E-state index contributed by atoms with van der Waals surface area (Å²) in [4.78, 5) is 6.11. The maximum Gasteiger partial charge on any atom is 0.191 e. The first kappa shape index (κ1) is 21.4. The van der Waals surface area contributed by atoms with Gasteiger partial charge >= 0.3 is 0 Å². The van der Waals surface area contributed by atoms with Crippen LogP contribution < -0.4 is 10.6 Å². The number of aryl methyl sites for hydroxylation is 1. The Kier molecular flexibility index (Phi) is 8.80. The van der Waals surface area contributed by atoms with Crippen LogP contribution in [0.1, 0.15) is 28.5 Å². The predicted octanol–water partition coefficient (Wildman–Crippen LogP) is 4.17. The smallest absolute Gasteiger partial charge is 0.191 e. The Bertz CT molecular complexity index is 842. The molecule has 3 rings (SSSR count). The van der Waals surface area contributed by atoms with E-state index >= 15 is 0 Å². The molecule has 0 aliphatic rings. The number of hydrogen-bond acceptors (Lipinski definition) is 3. The summed E-state index contributed by atoms with van der Waals surface area (Å²) in [5.74, 6) is 0.842. The molecule has 0 unspecified atom stereocenters. The van der Waals surface area contributed by atoms with Gasteiger partial charge in [-0.15, -0.1) is 35.3 Å². The molecule has 0 aliphatic heterocycles. The van der Waals surface area contributed by atoms with Gasteiger partial charge in [0.25, 0.3) is 0 Å². The molecule has 0 spiro atoms. The molecule has 2 heterocycles. The molecule has 0 aliphatic carbocycles. The van der Waals surface area contributed by atoms with E-state index in [0.29, 0.717) is 6.54 Å². The standard InChI is InChI=1S/C20H25N5S.HI/c1-3-21-20(23-14-19-16(2)9-12-26-19)22-13-17-7-4-5-8-18(17)15-25-11-6-10-24-25;/h4-12H,3,13-15H2,1-2H3,(H2,21,22,23);1H. The highest BCUT2D eigenvalue weighted by molar-refractivity contribution is 14.0. The average molecular weight is 495 g/mol.